The molecule has 2 aromatic rings. The molecule has 0 unspecified atom stereocenters. The fraction of sp³-hybridized carbons (Fsp3) is 0.294. The highest BCUT2D eigenvalue weighted by Gasteiger charge is 2.07. The number of methoxy groups -OCH3 is 1. The second-order valence-electron chi connectivity index (χ2n) is 4.94. The molecule has 4 nitrogen and oxygen atoms in total. The number of aryl methyl sites for hydroxylation is 2. The van der Waals surface area contributed by atoms with E-state index < -0.39 is 0 Å². The van der Waals surface area contributed by atoms with Gasteiger partial charge in [-0.15, -0.1) is 0 Å². The molecule has 0 aliphatic rings. The normalized spacial score (nSPS) is 10.0. The molecular formula is C17H19N3O. The van der Waals surface area contributed by atoms with E-state index in [1.807, 2.05) is 38.1 Å². The van der Waals surface area contributed by atoms with Crippen molar-refractivity contribution in [1.82, 2.24) is 4.98 Å². The average Bonchev–Trinajstić information content (AvgIpc) is 2.47. The molecule has 1 aromatic carbocycles. The van der Waals surface area contributed by atoms with Crippen LogP contribution in [0.2, 0.25) is 0 Å². The molecule has 0 saturated carbocycles. The van der Waals surface area contributed by atoms with E-state index in [4.69, 9.17) is 4.74 Å². The number of nitrogens with one attached hydrogen (secondary N) is 1. The molecule has 2 rings (SSSR count). The first-order chi connectivity index (χ1) is 10.1. The quantitative estimate of drug-likeness (QED) is 0.914. The van der Waals surface area contributed by atoms with Gasteiger partial charge in [0, 0.05) is 12.2 Å². The Bertz CT molecular complexity index is 674. The molecule has 108 valence electrons. The van der Waals surface area contributed by atoms with Crippen LogP contribution in [-0.4, -0.2) is 18.6 Å². The van der Waals surface area contributed by atoms with E-state index in [1.165, 1.54) is 5.56 Å². The van der Waals surface area contributed by atoms with Gasteiger partial charge in [-0.25, -0.2) is 4.98 Å². The number of benzene rings is 1. The Kier molecular flexibility index (Phi) is 4.78. The maximum absolute atomic E-state index is 9.23. The van der Waals surface area contributed by atoms with Crippen molar-refractivity contribution < 1.29 is 4.74 Å². The zero-order valence-electron chi connectivity index (χ0n) is 12.6. The molecule has 0 bridgehead atoms. The minimum Gasteiger partial charge on any atom is -0.497 e. The second kappa shape index (κ2) is 6.76. The predicted molar refractivity (Wildman–Crippen MR) is 83.6 cm³/mol. The van der Waals surface area contributed by atoms with Crippen molar-refractivity contribution in [3.63, 3.8) is 0 Å². The summed E-state index contributed by atoms with van der Waals surface area (Å²) in [6.45, 7) is 4.58. The first-order valence-corrected chi connectivity index (χ1v) is 6.89. The fourth-order valence-electron chi connectivity index (χ4n) is 2.26. The first kappa shape index (κ1) is 14.9. The third kappa shape index (κ3) is 3.73. The van der Waals surface area contributed by atoms with E-state index in [-0.39, 0.29) is 0 Å². The summed E-state index contributed by atoms with van der Waals surface area (Å²) in [7, 11) is 1.66. The number of aromatic nitrogens is 1. The molecule has 0 spiro atoms. The lowest BCUT2D eigenvalue weighted by Crippen LogP contribution is -2.09. The van der Waals surface area contributed by atoms with E-state index in [9.17, 15) is 5.26 Å². The van der Waals surface area contributed by atoms with Gasteiger partial charge in [0.05, 0.1) is 12.7 Å². The Morgan fingerprint density at radius 2 is 2.10 bits per heavy atom. The third-order valence-corrected chi connectivity index (χ3v) is 3.30. The van der Waals surface area contributed by atoms with E-state index in [2.05, 4.69) is 22.4 Å². The zero-order chi connectivity index (χ0) is 15.2. The second-order valence-corrected chi connectivity index (χ2v) is 4.94. The van der Waals surface area contributed by atoms with Crippen LogP contribution in [0.3, 0.4) is 0 Å². The van der Waals surface area contributed by atoms with E-state index >= 15 is 0 Å². The van der Waals surface area contributed by atoms with Gasteiger partial charge < -0.3 is 10.1 Å². The van der Waals surface area contributed by atoms with Crippen LogP contribution < -0.4 is 10.1 Å². The average molecular weight is 281 g/mol. The third-order valence-electron chi connectivity index (χ3n) is 3.30. The first-order valence-electron chi connectivity index (χ1n) is 6.89. The fourth-order valence-corrected chi connectivity index (χ4v) is 2.26. The standard InChI is InChI=1S/C17H19N3O/c1-12-9-13(2)20-17(16(12)11-18)19-8-7-14-5-4-6-15(10-14)21-3/h4-6,9-10H,7-8H2,1-3H3,(H,19,20). The van der Waals surface area contributed by atoms with Crippen molar-refractivity contribution in [3.8, 4) is 11.8 Å². The molecule has 0 radical (unpaired) electrons. The van der Waals surface area contributed by atoms with Crippen molar-refractivity contribution in [2.75, 3.05) is 19.0 Å². The highest BCUT2D eigenvalue weighted by Crippen LogP contribution is 2.18. The topological polar surface area (TPSA) is 57.9 Å². The minimum atomic E-state index is 0.617. The summed E-state index contributed by atoms with van der Waals surface area (Å²) in [5.41, 5.74) is 3.67. The van der Waals surface area contributed by atoms with Crippen LogP contribution in [-0.2, 0) is 6.42 Å². The number of anilines is 1. The smallest absolute Gasteiger partial charge is 0.144 e. The van der Waals surface area contributed by atoms with Crippen LogP contribution in [0.5, 0.6) is 5.75 Å². The van der Waals surface area contributed by atoms with E-state index in [1.54, 1.807) is 7.11 Å². The number of ether oxygens (including phenoxy) is 1. The molecule has 1 heterocycles. The number of hydrogen-bond acceptors (Lipinski definition) is 4. The molecule has 1 N–H and O–H groups in total. The molecule has 0 aliphatic carbocycles. The summed E-state index contributed by atoms with van der Waals surface area (Å²) in [6, 6.07) is 12.1. The van der Waals surface area contributed by atoms with Gasteiger partial charge in [0.2, 0.25) is 0 Å². The number of hydrogen-bond donors (Lipinski definition) is 1. The lowest BCUT2D eigenvalue weighted by molar-refractivity contribution is 0.414. The van der Waals surface area contributed by atoms with Crippen LogP contribution >= 0.6 is 0 Å². The van der Waals surface area contributed by atoms with E-state index in [0.29, 0.717) is 11.4 Å². The Labute approximate surface area is 125 Å². The summed E-state index contributed by atoms with van der Waals surface area (Å²) in [6.07, 6.45) is 0.844. The van der Waals surface area contributed by atoms with Gasteiger partial charge in [-0.2, -0.15) is 5.26 Å². The van der Waals surface area contributed by atoms with Crippen LogP contribution in [0, 0.1) is 25.2 Å². The Morgan fingerprint density at radius 3 is 2.81 bits per heavy atom. The predicted octanol–water partition coefficient (Wildman–Crippen LogP) is 3.23. The van der Waals surface area contributed by atoms with Gasteiger partial charge in [0.15, 0.2) is 0 Å². The van der Waals surface area contributed by atoms with Crippen molar-refractivity contribution in [2.24, 2.45) is 0 Å². The lowest BCUT2D eigenvalue weighted by Gasteiger charge is -2.10. The van der Waals surface area contributed by atoms with Crippen LogP contribution in [0.15, 0.2) is 30.3 Å². The highest BCUT2D eigenvalue weighted by molar-refractivity contribution is 5.56. The summed E-state index contributed by atoms with van der Waals surface area (Å²) in [4.78, 5) is 4.41. The molecule has 0 aliphatic heterocycles. The van der Waals surface area contributed by atoms with Gasteiger partial charge >= 0.3 is 0 Å². The molecule has 21 heavy (non-hydrogen) atoms. The maximum atomic E-state index is 9.23. The van der Waals surface area contributed by atoms with Crippen molar-refractivity contribution >= 4 is 5.82 Å². The molecule has 0 saturated heterocycles. The van der Waals surface area contributed by atoms with Crippen LogP contribution in [0.25, 0.3) is 0 Å². The van der Waals surface area contributed by atoms with Gasteiger partial charge in [0.1, 0.15) is 17.6 Å². The van der Waals surface area contributed by atoms with Crippen LogP contribution in [0.4, 0.5) is 5.82 Å². The Balaban J connectivity index is 2.05. The molecule has 4 heteroatoms. The van der Waals surface area contributed by atoms with Crippen molar-refractivity contribution in [2.45, 2.75) is 20.3 Å². The Morgan fingerprint density at radius 1 is 1.29 bits per heavy atom. The molecule has 0 amide bonds. The molecular weight excluding hydrogens is 262 g/mol. The summed E-state index contributed by atoms with van der Waals surface area (Å²) in [5, 5.41) is 12.5. The van der Waals surface area contributed by atoms with Crippen molar-refractivity contribution in [3.05, 3.63) is 52.7 Å². The van der Waals surface area contributed by atoms with Crippen molar-refractivity contribution in [1.29, 1.82) is 5.26 Å². The molecule has 0 atom stereocenters. The monoisotopic (exact) mass is 281 g/mol. The maximum Gasteiger partial charge on any atom is 0.144 e. The molecule has 1 aromatic heterocycles. The SMILES string of the molecule is COc1cccc(CCNc2nc(C)cc(C)c2C#N)c1. The van der Waals surface area contributed by atoms with Gasteiger partial charge in [-0.1, -0.05) is 12.1 Å². The number of nitriles is 1. The summed E-state index contributed by atoms with van der Waals surface area (Å²) < 4.78 is 5.21. The number of nitrogens with zero attached hydrogens (tertiary/aromatic N) is 2. The van der Waals surface area contributed by atoms with E-state index in [0.717, 1.165) is 30.0 Å². The molecule has 0 fully saturated rings. The van der Waals surface area contributed by atoms with Gasteiger partial charge in [-0.3, -0.25) is 0 Å². The largest absolute Gasteiger partial charge is 0.497 e. The van der Waals surface area contributed by atoms with Gasteiger partial charge in [0.25, 0.3) is 0 Å². The zero-order valence-corrected chi connectivity index (χ0v) is 12.6. The van der Waals surface area contributed by atoms with Gasteiger partial charge in [-0.05, 0) is 49.6 Å². The number of pyridine rings is 1. The highest BCUT2D eigenvalue weighted by atomic mass is 16.5. The summed E-state index contributed by atoms with van der Waals surface area (Å²) in [5.74, 6) is 1.52. The summed E-state index contributed by atoms with van der Waals surface area (Å²) >= 11 is 0. The number of rotatable bonds is 5. The minimum absolute atomic E-state index is 0.617. The Hall–Kier alpha value is -2.54. The lowest BCUT2D eigenvalue weighted by atomic mass is 10.1. The van der Waals surface area contributed by atoms with Crippen LogP contribution in [0.1, 0.15) is 22.4 Å².